The quantitative estimate of drug-likeness (QED) is 0.534. The molecule has 1 fully saturated rings. The van der Waals surface area contributed by atoms with Crippen LogP contribution in [0.5, 0.6) is 0 Å². The van der Waals surface area contributed by atoms with Crippen LogP contribution >= 0.6 is 0 Å². The van der Waals surface area contributed by atoms with Crippen molar-refractivity contribution in [1.82, 2.24) is 25.1 Å². The molecule has 1 amide bonds. The van der Waals surface area contributed by atoms with Crippen molar-refractivity contribution in [3.63, 3.8) is 0 Å². The second kappa shape index (κ2) is 7.56. The minimum atomic E-state index is -0.613. The standard InChI is InChI=1S/C20H17FN6O3/c21-14-10-12(3-4-13(14)20(28)27-5-8-29-9-6-27)23-19-17-15(11-22-26-17)24-18(25-19)16-2-1-7-30-16/h1-4,7,10-11H,5-6,8-9H2,(H,22,26)(H,23,24,25). The number of aromatic nitrogens is 4. The van der Waals surface area contributed by atoms with Gasteiger partial charge in [-0.05, 0) is 30.3 Å². The summed E-state index contributed by atoms with van der Waals surface area (Å²) in [4.78, 5) is 23.0. The molecule has 4 aromatic rings. The van der Waals surface area contributed by atoms with Gasteiger partial charge >= 0.3 is 0 Å². The monoisotopic (exact) mass is 408 g/mol. The summed E-state index contributed by atoms with van der Waals surface area (Å²) in [7, 11) is 0. The van der Waals surface area contributed by atoms with Crippen LogP contribution in [0.3, 0.4) is 0 Å². The van der Waals surface area contributed by atoms with Crippen molar-refractivity contribution in [3.8, 4) is 11.6 Å². The summed E-state index contributed by atoms with van der Waals surface area (Å²) in [6.45, 7) is 1.82. The van der Waals surface area contributed by atoms with Gasteiger partial charge < -0.3 is 19.4 Å². The Bertz CT molecular complexity index is 1200. The molecule has 5 rings (SSSR count). The number of rotatable bonds is 4. The van der Waals surface area contributed by atoms with Gasteiger partial charge in [-0.2, -0.15) is 5.10 Å². The molecule has 2 N–H and O–H groups in total. The normalized spacial score (nSPS) is 14.2. The number of amides is 1. The van der Waals surface area contributed by atoms with Gasteiger partial charge in [-0.3, -0.25) is 9.89 Å². The first kappa shape index (κ1) is 18.3. The minimum Gasteiger partial charge on any atom is -0.461 e. The molecule has 10 heteroatoms. The fourth-order valence-electron chi connectivity index (χ4n) is 3.29. The van der Waals surface area contributed by atoms with Crippen LogP contribution in [0.25, 0.3) is 22.6 Å². The molecule has 9 nitrogen and oxygen atoms in total. The molecule has 0 atom stereocenters. The summed E-state index contributed by atoms with van der Waals surface area (Å²) in [5.41, 5.74) is 1.61. The number of benzene rings is 1. The number of nitrogens with zero attached hydrogens (tertiary/aromatic N) is 4. The van der Waals surface area contributed by atoms with E-state index in [1.165, 1.54) is 18.4 Å². The summed E-state index contributed by atoms with van der Waals surface area (Å²) < 4.78 is 25.3. The highest BCUT2D eigenvalue weighted by atomic mass is 19.1. The van der Waals surface area contributed by atoms with E-state index in [4.69, 9.17) is 9.15 Å². The van der Waals surface area contributed by atoms with Crippen molar-refractivity contribution >= 4 is 28.4 Å². The molecule has 0 bridgehead atoms. The molecule has 4 heterocycles. The third-order valence-corrected chi connectivity index (χ3v) is 4.80. The van der Waals surface area contributed by atoms with Crippen molar-refractivity contribution in [3.05, 3.63) is 54.2 Å². The van der Waals surface area contributed by atoms with Gasteiger partial charge in [-0.25, -0.2) is 14.4 Å². The van der Waals surface area contributed by atoms with E-state index in [9.17, 15) is 9.18 Å². The Hall–Kier alpha value is -3.79. The van der Waals surface area contributed by atoms with E-state index in [0.29, 0.717) is 60.4 Å². The molecule has 30 heavy (non-hydrogen) atoms. The lowest BCUT2D eigenvalue weighted by Gasteiger charge is -2.27. The predicted octanol–water partition coefficient (Wildman–Crippen LogP) is 2.97. The van der Waals surface area contributed by atoms with Crippen molar-refractivity contribution in [2.24, 2.45) is 0 Å². The van der Waals surface area contributed by atoms with E-state index in [1.54, 1.807) is 29.3 Å². The van der Waals surface area contributed by atoms with Gasteiger partial charge in [-0.1, -0.05) is 0 Å². The molecule has 0 unspecified atom stereocenters. The molecule has 1 aliphatic heterocycles. The number of furan rings is 1. The first-order valence-corrected chi connectivity index (χ1v) is 9.37. The lowest BCUT2D eigenvalue weighted by molar-refractivity contribution is 0.0300. The zero-order valence-corrected chi connectivity index (χ0v) is 15.8. The maximum absolute atomic E-state index is 14.7. The van der Waals surface area contributed by atoms with Crippen LogP contribution in [0.2, 0.25) is 0 Å². The molecule has 1 aromatic carbocycles. The van der Waals surface area contributed by atoms with Crippen molar-refractivity contribution in [2.75, 3.05) is 31.6 Å². The third kappa shape index (κ3) is 3.37. The number of carbonyl (C=O) groups is 1. The average Bonchev–Trinajstić information content (AvgIpc) is 3.46. The number of fused-ring (bicyclic) bond motifs is 1. The van der Waals surface area contributed by atoms with Crippen molar-refractivity contribution in [2.45, 2.75) is 0 Å². The molecule has 0 spiro atoms. The van der Waals surface area contributed by atoms with Crippen LogP contribution in [0.1, 0.15) is 10.4 Å². The Kier molecular flexibility index (Phi) is 4.60. The first-order chi connectivity index (χ1) is 14.7. The van der Waals surface area contributed by atoms with Crippen LogP contribution < -0.4 is 5.32 Å². The molecule has 1 saturated heterocycles. The topological polar surface area (TPSA) is 109 Å². The van der Waals surface area contributed by atoms with Gasteiger partial charge in [0.05, 0.1) is 31.2 Å². The highest BCUT2D eigenvalue weighted by molar-refractivity contribution is 5.95. The van der Waals surface area contributed by atoms with Crippen LogP contribution in [-0.4, -0.2) is 57.3 Å². The van der Waals surface area contributed by atoms with Crippen LogP contribution in [0.15, 0.2) is 47.2 Å². The molecule has 0 aliphatic carbocycles. The summed E-state index contributed by atoms with van der Waals surface area (Å²) in [6, 6.07) is 7.86. The molecule has 3 aromatic heterocycles. The number of hydrogen-bond donors (Lipinski definition) is 2. The predicted molar refractivity (Wildman–Crippen MR) is 106 cm³/mol. The molecule has 152 valence electrons. The SMILES string of the molecule is O=C(c1ccc(Nc2nc(-c3ccco3)nc3cn[nH]c23)cc1F)N1CCOCC1. The summed E-state index contributed by atoms with van der Waals surface area (Å²) >= 11 is 0. The summed E-state index contributed by atoms with van der Waals surface area (Å²) in [5, 5.41) is 9.91. The van der Waals surface area contributed by atoms with Gasteiger partial charge in [0.1, 0.15) is 16.9 Å². The number of nitrogens with one attached hydrogen (secondary N) is 2. The Morgan fingerprint density at radius 3 is 2.83 bits per heavy atom. The van der Waals surface area contributed by atoms with Gasteiger partial charge in [0, 0.05) is 18.8 Å². The van der Waals surface area contributed by atoms with Crippen molar-refractivity contribution in [1.29, 1.82) is 0 Å². The highest BCUT2D eigenvalue weighted by Crippen LogP contribution is 2.27. The fourth-order valence-corrected chi connectivity index (χ4v) is 3.29. The Morgan fingerprint density at radius 2 is 2.07 bits per heavy atom. The van der Waals surface area contributed by atoms with Crippen molar-refractivity contribution < 1.29 is 18.3 Å². The summed E-state index contributed by atoms with van der Waals surface area (Å²) in [5.74, 6) is 0.323. The van der Waals surface area contributed by atoms with Gasteiger partial charge in [0.2, 0.25) is 0 Å². The second-order valence-corrected chi connectivity index (χ2v) is 6.73. The molecular weight excluding hydrogens is 391 g/mol. The van der Waals surface area contributed by atoms with E-state index >= 15 is 0 Å². The Balaban J connectivity index is 1.45. The van der Waals surface area contributed by atoms with E-state index in [0.717, 1.165) is 0 Å². The van der Waals surface area contributed by atoms with Crippen LogP contribution in [0, 0.1) is 5.82 Å². The average molecular weight is 408 g/mol. The zero-order valence-electron chi connectivity index (χ0n) is 15.8. The number of hydrogen-bond acceptors (Lipinski definition) is 7. The largest absolute Gasteiger partial charge is 0.461 e. The number of aromatic amines is 1. The zero-order chi connectivity index (χ0) is 20.5. The van der Waals surface area contributed by atoms with Gasteiger partial charge in [0.15, 0.2) is 17.4 Å². The second-order valence-electron chi connectivity index (χ2n) is 6.73. The first-order valence-electron chi connectivity index (χ1n) is 9.37. The van der Waals surface area contributed by atoms with Crippen LogP contribution in [-0.2, 0) is 4.74 Å². The Labute approximate surface area is 169 Å². The summed E-state index contributed by atoms with van der Waals surface area (Å²) in [6.07, 6.45) is 3.10. The lowest BCUT2D eigenvalue weighted by atomic mass is 10.1. The van der Waals surface area contributed by atoms with E-state index < -0.39 is 5.82 Å². The Morgan fingerprint density at radius 1 is 1.20 bits per heavy atom. The minimum absolute atomic E-state index is 0.0214. The van der Waals surface area contributed by atoms with E-state index in [-0.39, 0.29) is 11.5 Å². The van der Waals surface area contributed by atoms with E-state index in [2.05, 4.69) is 25.5 Å². The molecule has 0 saturated carbocycles. The number of halogens is 1. The number of carbonyl (C=O) groups excluding carboxylic acids is 1. The molecule has 1 aliphatic rings. The van der Waals surface area contributed by atoms with Gasteiger partial charge in [-0.15, -0.1) is 0 Å². The maximum Gasteiger partial charge on any atom is 0.256 e. The fraction of sp³-hybridized carbons (Fsp3) is 0.200. The number of anilines is 2. The van der Waals surface area contributed by atoms with Crippen LogP contribution in [0.4, 0.5) is 15.9 Å². The number of ether oxygens (including phenoxy) is 1. The highest BCUT2D eigenvalue weighted by Gasteiger charge is 2.22. The number of morpholine rings is 1. The molecular formula is C20H17FN6O3. The maximum atomic E-state index is 14.7. The molecule has 0 radical (unpaired) electrons. The van der Waals surface area contributed by atoms with E-state index in [1.807, 2.05) is 0 Å². The number of H-pyrrole nitrogens is 1. The van der Waals surface area contributed by atoms with Gasteiger partial charge in [0.25, 0.3) is 5.91 Å². The third-order valence-electron chi connectivity index (χ3n) is 4.80. The lowest BCUT2D eigenvalue weighted by Crippen LogP contribution is -2.41. The smallest absolute Gasteiger partial charge is 0.256 e.